The number of nitrogens with one attached hydrogen (secondary N) is 1. The Balaban J connectivity index is 2.55. The lowest BCUT2D eigenvalue weighted by atomic mass is 9.79. The Morgan fingerprint density at radius 3 is 2.37 bits per heavy atom. The Morgan fingerprint density at radius 1 is 1.26 bits per heavy atom. The summed E-state index contributed by atoms with van der Waals surface area (Å²) in [5.74, 6) is -1.12. The molecule has 1 fully saturated rings. The second-order valence-corrected chi connectivity index (χ2v) is 5.55. The van der Waals surface area contributed by atoms with Gasteiger partial charge in [-0.05, 0) is 38.5 Å². The van der Waals surface area contributed by atoms with Crippen LogP contribution in [0.3, 0.4) is 0 Å². The molecule has 3 N–H and O–H groups in total. The van der Waals surface area contributed by atoms with E-state index in [4.69, 9.17) is 0 Å². The van der Waals surface area contributed by atoms with Gasteiger partial charge in [0.2, 0.25) is 5.91 Å². The van der Waals surface area contributed by atoms with Crippen LogP contribution in [0.5, 0.6) is 0 Å². The fourth-order valence-corrected chi connectivity index (χ4v) is 2.76. The van der Waals surface area contributed by atoms with Gasteiger partial charge in [0.15, 0.2) is 0 Å². The molecule has 0 heterocycles. The molecule has 1 saturated carbocycles. The van der Waals surface area contributed by atoms with Gasteiger partial charge in [0.1, 0.15) is 0 Å². The van der Waals surface area contributed by atoms with Crippen LogP contribution >= 0.6 is 0 Å². The van der Waals surface area contributed by atoms with Gasteiger partial charge in [0.25, 0.3) is 0 Å². The van der Waals surface area contributed by atoms with E-state index in [9.17, 15) is 19.8 Å². The quantitative estimate of drug-likeness (QED) is 0.686. The minimum atomic E-state index is -0.961. The second-order valence-electron chi connectivity index (χ2n) is 5.55. The third kappa shape index (κ3) is 4.20. The van der Waals surface area contributed by atoms with Gasteiger partial charge < -0.3 is 15.5 Å². The topological polar surface area (TPSA) is 86.6 Å². The fourth-order valence-electron chi connectivity index (χ4n) is 2.76. The van der Waals surface area contributed by atoms with Crippen molar-refractivity contribution in [3.05, 3.63) is 0 Å². The first kappa shape index (κ1) is 16.0. The van der Waals surface area contributed by atoms with Gasteiger partial charge in [-0.15, -0.1) is 0 Å². The summed E-state index contributed by atoms with van der Waals surface area (Å²) in [5.41, 5.74) is -0.961. The number of aliphatic hydroxyl groups is 1. The minimum absolute atomic E-state index is 0.0158. The zero-order valence-corrected chi connectivity index (χ0v) is 11.8. The van der Waals surface area contributed by atoms with Crippen molar-refractivity contribution in [2.24, 2.45) is 5.41 Å². The number of carboxylic acids is 1. The molecule has 0 aromatic carbocycles. The molecule has 1 aliphatic rings. The fraction of sp³-hybridized carbons (Fsp3) is 0.857. The summed E-state index contributed by atoms with van der Waals surface area (Å²) in [5, 5.41) is 21.7. The summed E-state index contributed by atoms with van der Waals surface area (Å²) in [6, 6.07) is -0.0172. The van der Waals surface area contributed by atoms with Crippen LogP contribution in [0.15, 0.2) is 0 Å². The third-order valence-electron chi connectivity index (χ3n) is 4.32. The predicted molar refractivity (Wildman–Crippen MR) is 71.7 cm³/mol. The monoisotopic (exact) mass is 271 g/mol. The third-order valence-corrected chi connectivity index (χ3v) is 4.32. The highest BCUT2D eigenvalue weighted by Crippen LogP contribution is 2.31. The van der Waals surface area contributed by atoms with Crippen molar-refractivity contribution < 1.29 is 19.8 Å². The van der Waals surface area contributed by atoms with Gasteiger partial charge in [-0.1, -0.05) is 13.8 Å². The first-order valence-corrected chi connectivity index (χ1v) is 7.14. The largest absolute Gasteiger partial charge is 0.481 e. The van der Waals surface area contributed by atoms with Crippen LogP contribution in [-0.4, -0.2) is 34.2 Å². The normalized spacial score (nSPS) is 23.9. The zero-order valence-electron chi connectivity index (χ0n) is 11.8. The number of carbonyl (C=O) groups excluding carboxylic acids is 1. The second kappa shape index (κ2) is 6.89. The number of aliphatic carboxylic acids is 1. The van der Waals surface area contributed by atoms with Crippen LogP contribution in [0.1, 0.15) is 58.8 Å². The Kier molecular flexibility index (Phi) is 5.79. The highest BCUT2D eigenvalue weighted by molar-refractivity contribution is 5.85. The van der Waals surface area contributed by atoms with Crippen molar-refractivity contribution in [2.75, 3.05) is 0 Å². The molecule has 0 saturated heterocycles. The van der Waals surface area contributed by atoms with Gasteiger partial charge in [0.05, 0.1) is 11.5 Å². The molecule has 0 spiro atoms. The summed E-state index contributed by atoms with van der Waals surface area (Å²) in [7, 11) is 0. The summed E-state index contributed by atoms with van der Waals surface area (Å²) in [6.45, 7) is 3.60. The molecule has 2 unspecified atom stereocenters. The van der Waals surface area contributed by atoms with E-state index in [2.05, 4.69) is 5.32 Å². The van der Waals surface area contributed by atoms with Gasteiger partial charge in [-0.2, -0.15) is 0 Å². The van der Waals surface area contributed by atoms with Crippen LogP contribution in [0.2, 0.25) is 0 Å². The number of carboxylic acid groups (broad SMARTS) is 1. The molecule has 0 radical (unpaired) electrons. The molecule has 1 amide bonds. The van der Waals surface area contributed by atoms with E-state index in [1.165, 1.54) is 0 Å². The molecule has 5 nitrogen and oxygen atoms in total. The number of carbonyl (C=O) groups is 2. The molecule has 0 bridgehead atoms. The molecule has 1 rings (SSSR count). The lowest BCUT2D eigenvalue weighted by molar-refractivity contribution is -0.152. The molecule has 2 atom stereocenters. The van der Waals surface area contributed by atoms with Crippen molar-refractivity contribution in [1.29, 1.82) is 0 Å². The van der Waals surface area contributed by atoms with Crippen LogP contribution in [-0.2, 0) is 9.59 Å². The first-order chi connectivity index (χ1) is 8.93. The molecule has 5 heteroatoms. The Hall–Kier alpha value is -1.10. The van der Waals surface area contributed by atoms with Gasteiger partial charge in [-0.3, -0.25) is 9.59 Å². The number of rotatable bonds is 6. The molecule has 1 aliphatic carbocycles. The van der Waals surface area contributed by atoms with E-state index in [-0.39, 0.29) is 24.5 Å². The van der Waals surface area contributed by atoms with E-state index in [1.54, 1.807) is 13.8 Å². The van der Waals surface area contributed by atoms with Crippen LogP contribution in [0, 0.1) is 5.41 Å². The Labute approximate surface area is 114 Å². The Bertz CT molecular complexity index is 325. The summed E-state index contributed by atoms with van der Waals surface area (Å²) >= 11 is 0. The average Bonchev–Trinajstić information content (AvgIpc) is 2.35. The van der Waals surface area contributed by atoms with Crippen molar-refractivity contribution >= 4 is 11.9 Å². The number of hydrogen-bond donors (Lipinski definition) is 3. The van der Waals surface area contributed by atoms with Gasteiger partial charge >= 0.3 is 5.97 Å². The number of aliphatic hydroxyl groups excluding tert-OH is 1. The molecule has 19 heavy (non-hydrogen) atoms. The van der Waals surface area contributed by atoms with Crippen LogP contribution in [0.25, 0.3) is 0 Å². The van der Waals surface area contributed by atoms with E-state index in [0.717, 1.165) is 19.3 Å². The smallest absolute Gasteiger partial charge is 0.310 e. The first-order valence-electron chi connectivity index (χ1n) is 7.14. The predicted octanol–water partition coefficient (Wildman–Crippen LogP) is 1.69. The standard InChI is InChI=1S/C14H25NO4/c1-3-14(4-2,13(18)19)9-12(17)15-10-6-5-7-11(16)8-10/h10-11,16H,3-9H2,1-2H3,(H,15,17)(H,18,19). The molecule has 0 aliphatic heterocycles. The molecular weight excluding hydrogens is 246 g/mol. The summed E-state index contributed by atoms with van der Waals surface area (Å²) in [6.07, 6.45) is 3.68. The van der Waals surface area contributed by atoms with Crippen molar-refractivity contribution in [1.82, 2.24) is 5.32 Å². The number of hydrogen-bond acceptors (Lipinski definition) is 3. The molecule has 0 aromatic rings. The molecule has 0 aromatic heterocycles. The average molecular weight is 271 g/mol. The maximum Gasteiger partial charge on any atom is 0.310 e. The maximum absolute atomic E-state index is 12.0. The van der Waals surface area contributed by atoms with Crippen molar-refractivity contribution in [3.8, 4) is 0 Å². The van der Waals surface area contributed by atoms with E-state index in [1.807, 2.05) is 0 Å². The van der Waals surface area contributed by atoms with Gasteiger partial charge in [0, 0.05) is 12.5 Å². The lowest BCUT2D eigenvalue weighted by Gasteiger charge is -2.30. The van der Waals surface area contributed by atoms with Crippen molar-refractivity contribution in [2.45, 2.75) is 70.9 Å². The van der Waals surface area contributed by atoms with E-state index in [0.29, 0.717) is 19.3 Å². The summed E-state index contributed by atoms with van der Waals surface area (Å²) < 4.78 is 0. The minimum Gasteiger partial charge on any atom is -0.481 e. The maximum atomic E-state index is 12.0. The van der Waals surface area contributed by atoms with Gasteiger partial charge in [-0.25, -0.2) is 0 Å². The van der Waals surface area contributed by atoms with Crippen molar-refractivity contribution in [3.63, 3.8) is 0 Å². The van der Waals surface area contributed by atoms with Crippen LogP contribution in [0.4, 0.5) is 0 Å². The van der Waals surface area contributed by atoms with Crippen LogP contribution < -0.4 is 5.32 Å². The lowest BCUT2D eigenvalue weighted by Crippen LogP contribution is -2.43. The molecule has 110 valence electrons. The number of amides is 1. The zero-order chi connectivity index (χ0) is 14.5. The van der Waals surface area contributed by atoms with E-state index < -0.39 is 11.4 Å². The summed E-state index contributed by atoms with van der Waals surface area (Å²) in [4.78, 5) is 23.3. The highest BCUT2D eigenvalue weighted by Gasteiger charge is 2.37. The molecular formula is C14H25NO4. The van der Waals surface area contributed by atoms with E-state index >= 15 is 0 Å². The highest BCUT2D eigenvalue weighted by atomic mass is 16.4. The Morgan fingerprint density at radius 2 is 1.89 bits per heavy atom. The SMILES string of the molecule is CCC(CC)(CC(=O)NC1CCCC(O)C1)C(=O)O.